The highest BCUT2D eigenvalue weighted by atomic mass is 32.1. The van der Waals surface area contributed by atoms with Crippen LogP contribution in [-0.2, 0) is 0 Å². The van der Waals surface area contributed by atoms with Gasteiger partial charge in [-0.1, -0.05) is 140 Å². The second-order valence-electron chi connectivity index (χ2n) is 12.5. The molecule has 0 aliphatic rings. The Morgan fingerprint density at radius 3 is 1.29 bits per heavy atom. The van der Waals surface area contributed by atoms with Gasteiger partial charge in [0.05, 0.1) is 0 Å². The molecule has 0 aliphatic heterocycles. The molecule has 2 heterocycles. The molecule has 0 bridgehead atoms. The molecule has 10 aromatic rings. The molecule has 48 heavy (non-hydrogen) atoms. The highest BCUT2D eigenvalue weighted by molar-refractivity contribution is 7.26. The summed E-state index contributed by atoms with van der Waals surface area (Å²) in [5.74, 6) is 0. The van der Waals surface area contributed by atoms with Gasteiger partial charge in [-0.3, -0.25) is 0 Å². The maximum atomic E-state index is 6.67. The van der Waals surface area contributed by atoms with E-state index in [9.17, 15) is 0 Å². The Kier molecular flexibility index (Phi) is 6.12. The van der Waals surface area contributed by atoms with Gasteiger partial charge in [0, 0.05) is 41.7 Å². The molecule has 0 saturated carbocycles. The zero-order chi connectivity index (χ0) is 31.6. The third-order valence-corrected chi connectivity index (χ3v) is 10.9. The molecule has 2 aromatic heterocycles. The Hall–Kier alpha value is -5.96. The standard InChI is InChI=1S/C46H28OS/c1-3-7-29(8-4-1)31-11-15-33(16-12-31)35-19-21-37-39-23-26-42-40(45(39)47-43(37)27-35)24-25-41-38-22-20-36(28-44(38)48-46(41)42)34-17-13-32(14-18-34)30-9-5-2-6-10-30/h1-28H. The number of furan rings is 1. The van der Waals surface area contributed by atoms with E-state index in [1.165, 1.54) is 64.5 Å². The van der Waals surface area contributed by atoms with Crippen LogP contribution in [0.25, 0.3) is 97.4 Å². The summed E-state index contributed by atoms with van der Waals surface area (Å²) in [7, 11) is 0. The number of thiophene rings is 1. The minimum atomic E-state index is 0.918. The molecule has 0 spiro atoms. The fourth-order valence-corrected chi connectivity index (χ4v) is 8.47. The average Bonchev–Trinajstić information content (AvgIpc) is 3.73. The Bertz CT molecular complexity index is 2590. The number of hydrogen-bond acceptors (Lipinski definition) is 2. The van der Waals surface area contributed by atoms with Gasteiger partial charge in [-0.25, -0.2) is 0 Å². The van der Waals surface area contributed by atoms with Crippen molar-refractivity contribution in [2.45, 2.75) is 0 Å². The van der Waals surface area contributed by atoms with Crippen molar-refractivity contribution in [3.8, 4) is 44.5 Å². The molecule has 0 fully saturated rings. The van der Waals surface area contributed by atoms with Crippen LogP contribution in [0.4, 0.5) is 0 Å². The second kappa shape index (κ2) is 10.8. The van der Waals surface area contributed by atoms with Crippen molar-refractivity contribution < 1.29 is 4.42 Å². The van der Waals surface area contributed by atoms with Crippen molar-refractivity contribution in [3.63, 3.8) is 0 Å². The first-order chi connectivity index (χ1) is 23.8. The number of rotatable bonds is 4. The predicted molar refractivity (Wildman–Crippen MR) is 206 cm³/mol. The van der Waals surface area contributed by atoms with Crippen LogP contribution in [0.2, 0.25) is 0 Å². The summed E-state index contributed by atoms with van der Waals surface area (Å²) in [6.07, 6.45) is 0. The van der Waals surface area contributed by atoms with Gasteiger partial charge in [0.1, 0.15) is 11.2 Å². The SMILES string of the molecule is c1ccc(-c2ccc(-c3ccc4c(c3)oc3c4ccc4c3ccc3c5ccc(-c6ccc(-c7ccccc7)cc6)cc5sc34)cc2)cc1. The van der Waals surface area contributed by atoms with Gasteiger partial charge >= 0.3 is 0 Å². The lowest BCUT2D eigenvalue weighted by molar-refractivity contribution is 0.673. The molecule has 0 aliphatic carbocycles. The largest absolute Gasteiger partial charge is 0.455 e. The Morgan fingerprint density at radius 1 is 0.312 bits per heavy atom. The lowest BCUT2D eigenvalue weighted by Crippen LogP contribution is -1.80. The summed E-state index contributed by atoms with van der Waals surface area (Å²) >= 11 is 1.87. The third kappa shape index (κ3) is 4.38. The van der Waals surface area contributed by atoms with Gasteiger partial charge in [0.15, 0.2) is 0 Å². The highest BCUT2D eigenvalue weighted by Crippen LogP contribution is 2.43. The monoisotopic (exact) mass is 628 g/mol. The van der Waals surface area contributed by atoms with Crippen molar-refractivity contribution in [1.82, 2.24) is 0 Å². The van der Waals surface area contributed by atoms with Crippen LogP contribution in [0.3, 0.4) is 0 Å². The molecule has 2 heteroatoms. The number of fused-ring (bicyclic) bond motifs is 9. The van der Waals surface area contributed by atoms with E-state index in [-0.39, 0.29) is 0 Å². The predicted octanol–water partition coefficient (Wildman–Crippen LogP) is 13.8. The van der Waals surface area contributed by atoms with Gasteiger partial charge in [-0.2, -0.15) is 0 Å². The van der Waals surface area contributed by atoms with E-state index in [1.807, 2.05) is 11.3 Å². The summed E-state index contributed by atoms with van der Waals surface area (Å²) in [4.78, 5) is 0. The van der Waals surface area contributed by atoms with Gasteiger partial charge in [-0.15, -0.1) is 11.3 Å². The van der Waals surface area contributed by atoms with E-state index in [4.69, 9.17) is 4.42 Å². The maximum absolute atomic E-state index is 6.67. The molecule has 8 aromatic carbocycles. The summed E-state index contributed by atoms with van der Waals surface area (Å²) in [5, 5.41) is 7.31. The molecule has 10 rings (SSSR count). The van der Waals surface area contributed by atoms with Gasteiger partial charge in [0.25, 0.3) is 0 Å². The smallest absolute Gasteiger partial charge is 0.143 e. The molecule has 0 atom stereocenters. The molecule has 0 saturated heterocycles. The fraction of sp³-hybridized carbons (Fsp3) is 0. The normalized spacial score (nSPS) is 11.8. The quantitative estimate of drug-likeness (QED) is 0.189. The minimum Gasteiger partial charge on any atom is -0.455 e. The zero-order valence-corrected chi connectivity index (χ0v) is 26.8. The van der Waals surface area contributed by atoms with Crippen molar-refractivity contribution >= 4 is 64.2 Å². The van der Waals surface area contributed by atoms with Crippen LogP contribution in [-0.4, -0.2) is 0 Å². The number of hydrogen-bond donors (Lipinski definition) is 0. The lowest BCUT2D eigenvalue weighted by Gasteiger charge is -2.05. The van der Waals surface area contributed by atoms with E-state index in [0.717, 1.165) is 32.9 Å². The van der Waals surface area contributed by atoms with Crippen LogP contribution >= 0.6 is 11.3 Å². The fourth-order valence-electron chi connectivity index (χ4n) is 7.20. The first kappa shape index (κ1) is 27.2. The van der Waals surface area contributed by atoms with Gasteiger partial charge < -0.3 is 4.42 Å². The summed E-state index contributed by atoms with van der Waals surface area (Å²) in [5.41, 5.74) is 11.6. The maximum Gasteiger partial charge on any atom is 0.143 e. The first-order valence-corrected chi connectivity index (χ1v) is 17.1. The van der Waals surface area contributed by atoms with Gasteiger partial charge in [-0.05, 0) is 74.8 Å². The highest BCUT2D eigenvalue weighted by Gasteiger charge is 2.16. The molecule has 224 valence electrons. The lowest BCUT2D eigenvalue weighted by atomic mass is 9.98. The van der Waals surface area contributed by atoms with Crippen LogP contribution in [0.1, 0.15) is 0 Å². The molecule has 1 nitrogen and oxygen atoms in total. The molecule has 0 radical (unpaired) electrons. The topological polar surface area (TPSA) is 13.1 Å². The summed E-state index contributed by atoms with van der Waals surface area (Å²) in [6, 6.07) is 61.3. The minimum absolute atomic E-state index is 0.918. The van der Waals surface area contributed by atoms with Crippen LogP contribution in [0.5, 0.6) is 0 Å². The molecular weight excluding hydrogens is 601 g/mol. The van der Waals surface area contributed by atoms with Crippen molar-refractivity contribution in [2.24, 2.45) is 0 Å². The van der Waals surface area contributed by atoms with Gasteiger partial charge in [0.2, 0.25) is 0 Å². The second-order valence-corrected chi connectivity index (χ2v) is 13.5. The molecule has 0 amide bonds. The van der Waals surface area contributed by atoms with E-state index in [0.29, 0.717) is 0 Å². The van der Waals surface area contributed by atoms with E-state index >= 15 is 0 Å². The van der Waals surface area contributed by atoms with E-state index in [2.05, 4.69) is 170 Å². The molecular formula is C46H28OS. The Balaban J connectivity index is 1.03. The van der Waals surface area contributed by atoms with Crippen LogP contribution in [0, 0.1) is 0 Å². The third-order valence-electron chi connectivity index (χ3n) is 9.72. The molecule has 0 N–H and O–H groups in total. The van der Waals surface area contributed by atoms with Crippen molar-refractivity contribution in [3.05, 3.63) is 170 Å². The Labute approximate surface area is 282 Å². The van der Waals surface area contributed by atoms with E-state index in [1.54, 1.807) is 0 Å². The zero-order valence-electron chi connectivity index (χ0n) is 26.0. The van der Waals surface area contributed by atoms with Crippen LogP contribution < -0.4 is 0 Å². The molecule has 0 unspecified atom stereocenters. The average molecular weight is 629 g/mol. The first-order valence-electron chi connectivity index (χ1n) is 16.3. The van der Waals surface area contributed by atoms with Crippen LogP contribution in [0.15, 0.2) is 174 Å². The van der Waals surface area contributed by atoms with Crippen molar-refractivity contribution in [2.75, 3.05) is 0 Å². The van der Waals surface area contributed by atoms with E-state index < -0.39 is 0 Å². The van der Waals surface area contributed by atoms with Crippen molar-refractivity contribution in [1.29, 1.82) is 0 Å². The Morgan fingerprint density at radius 2 is 0.708 bits per heavy atom. The summed E-state index contributed by atoms with van der Waals surface area (Å²) < 4.78 is 9.27. The number of benzene rings is 8. The summed E-state index contributed by atoms with van der Waals surface area (Å²) in [6.45, 7) is 0.